The lowest BCUT2D eigenvalue weighted by atomic mass is 9.86. The van der Waals surface area contributed by atoms with Crippen molar-refractivity contribution in [3.8, 4) is 0 Å². The lowest BCUT2D eigenvalue weighted by Gasteiger charge is -2.20. The molecule has 1 atom stereocenters. The van der Waals surface area contributed by atoms with Crippen LogP contribution in [0.4, 0.5) is 4.79 Å². The lowest BCUT2D eigenvalue weighted by molar-refractivity contribution is -0.135. The highest BCUT2D eigenvalue weighted by Crippen LogP contribution is 2.41. The first-order valence-electron chi connectivity index (χ1n) is 6.22. The van der Waals surface area contributed by atoms with Gasteiger partial charge in [-0.1, -0.05) is 17.8 Å². The van der Waals surface area contributed by atoms with Crippen molar-refractivity contribution >= 4 is 28.7 Å². The number of aliphatic imine (C=N–C) groups is 1. The molecule has 2 rings (SSSR count). The smallest absolute Gasteiger partial charge is 0.338 e. The van der Waals surface area contributed by atoms with E-state index in [1.165, 1.54) is 7.11 Å². The van der Waals surface area contributed by atoms with Crippen LogP contribution in [0.2, 0.25) is 0 Å². The normalized spacial score (nSPS) is 24.8. The average molecular weight is 279 g/mol. The molecule has 0 aliphatic heterocycles. The third kappa shape index (κ3) is 3.15. The predicted octanol–water partition coefficient (Wildman–Crippen LogP) is 3.00. The summed E-state index contributed by atoms with van der Waals surface area (Å²) in [5.74, 6) is 0.329. The number of nitrogens with zero attached hydrogens (tertiary/aromatic N) is 1. The molecule has 19 heavy (non-hydrogen) atoms. The van der Waals surface area contributed by atoms with Crippen LogP contribution in [0.25, 0.3) is 0 Å². The van der Waals surface area contributed by atoms with Gasteiger partial charge in [-0.2, -0.15) is 0 Å². The van der Waals surface area contributed by atoms with Gasteiger partial charge in [-0.15, -0.1) is 0 Å². The molecule has 0 heterocycles. The van der Waals surface area contributed by atoms with E-state index < -0.39 is 0 Å². The van der Waals surface area contributed by atoms with Gasteiger partial charge in [0.15, 0.2) is 0 Å². The van der Waals surface area contributed by atoms with Gasteiger partial charge in [-0.05, 0) is 43.6 Å². The fourth-order valence-corrected chi connectivity index (χ4v) is 2.42. The molecule has 0 bridgehead atoms. The van der Waals surface area contributed by atoms with Crippen LogP contribution in [0, 0.1) is 11.8 Å². The van der Waals surface area contributed by atoms with E-state index >= 15 is 0 Å². The van der Waals surface area contributed by atoms with Crippen molar-refractivity contribution in [3.63, 3.8) is 0 Å². The minimum absolute atomic E-state index is 0.157. The highest BCUT2D eigenvalue weighted by Gasteiger charge is 2.35. The van der Waals surface area contributed by atoms with Crippen molar-refractivity contribution in [1.82, 2.24) is 0 Å². The average Bonchev–Trinajstić information content (AvgIpc) is 3.23. The molecule has 0 N–H and O–H groups in total. The SMILES string of the molecule is COC(=O)C1=CC(=NC(=O)SC)C(C2CC2)C=C1C. The van der Waals surface area contributed by atoms with Gasteiger partial charge >= 0.3 is 11.2 Å². The molecule has 1 amide bonds. The first-order chi connectivity index (χ1) is 9.06. The van der Waals surface area contributed by atoms with E-state index in [0.29, 0.717) is 17.2 Å². The molecule has 1 unspecified atom stereocenters. The predicted molar refractivity (Wildman–Crippen MR) is 76.4 cm³/mol. The Kier molecular flexibility index (Phi) is 4.24. The number of carbonyl (C=O) groups is 2. The molecule has 0 spiro atoms. The molecule has 2 aliphatic rings. The number of allylic oxidation sites excluding steroid dienone is 2. The molecule has 0 saturated heterocycles. The molecule has 102 valence electrons. The summed E-state index contributed by atoms with van der Waals surface area (Å²) < 4.78 is 4.76. The van der Waals surface area contributed by atoms with E-state index in [2.05, 4.69) is 4.99 Å². The van der Waals surface area contributed by atoms with E-state index in [1.807, 2.05) is 13.0 Å². The van der Waals surface area contributed by atoms with Crippen molar-refractivity contribution in [2.75, 3.05) is 13.4 Å². The third-order valence-corrected chi connectivity index (χ3v) is 3.86. The second-order valence-corrected chi connectivity index (χ2v) is 5.53. The monoisotopic (exact) mass is 279 g/mol. The van der Waals surface area contributed by atoms with Crippen LogP contribution in [0.1, 0.15) is 19.8 Å². The largest absolute Gasteiger partial charge is 0.465 e. The van der Waals surface area contributed by atoms with Gasteiger partial charge in [-0.3, -0.25) is 4.79 Å². The van der Waals surface area contributed by atoms with Crippen LogP contribution >= 0.6 is 11.8 Å². The standard InChI is InChI=1S/C14H17NO3S/c1-8-6-11(9-4-5-9)12(15-14(17)19-3)7-10(8)13(16)18-2/h6-7,9,11H,4-5H2,1-3H3. The second-order valence-electron chi connectivity index (χ2n) is 4.77. The zero-order valence-corrected chi connectivity index (χ0v) is 12.1. The maximum Gasteiger partial charge on any atom is 0.338 e. The van der Waals surface area contributed by atoms with E-state index in [-0.39, 0.29) is 17.1 Å². The Hall–Kier alpha value is -1.36. The number of amides is 1. The van der Waals surface area contributed by atoms with Gasteiger partial charge in [0.1, 0.15) is 0 Å². The Labute approximate surface area is 117 Å². The van der Waals surface area contributed by atoms with Crippen LogP contribution in [0.5, 0.6) is 0 Å². The van der Waals surface area contributed by atoms with Crippen LogP contribution < -0.4 is 0 Å². The topological polar surface area (TPSA) is 55.7 Å². The highest BCUT2D eigenvalue weighted by atomic mass is 32.2. The molecule has 1 saturated carbocycles. The number of hydrogen-bond acceptors (Lipinski definition) is 4. The highest BCUT2D eigenvalue weighted by molar-refractivity contribution is 8.13. The lowest BCUT2D eigenvalue weighted by Crippen LogP contribution is -2.21. The summed E-state index contributed by atoms with van der Waals surface area (Å²) in [5.41, 5.74) is 2.08. The minimum Gasteiger partial charge on any atom is -0.465 e. The number of hydrogen-bond donors (Lipinski definition) is 0. The zero-order chi connectivity index (χ0) is 14.0. The molecule has 0 radical (unpaired) electrons. The van der Waals surface area contributed by atoms with Crippen LogP contribution in [0.15, 0.2) is 28.3 Å². The molecule has 4 nitrogen and oxygen atoms in total. The maximum absolute atomic E-state index is 11.7. The minimum atomic E-state index is -0.382. The summed E-state index contributed by atoms with van der Waals surface area (Å²) in [5, 5.41) is -0.228. The summed E-state index contributed by atoms with van der Waals surface area (Å²) in [6.45, 7) is 1.89. The second kappa shape index (κ2) is 5.74. The number of esters is 1. The molecule has 0 aromatic carbocycles. The van der Waals surface area contributed by atoms with E-state index in [9.17, 15) is 9.59 Å². The fraction of sp³-hybridized carbons (Fsp3) is 0.500. The van der Waals surface area contributed by atoms with Crippen LogP contribution in [0.3, 0.4) is 0 Å². The van der Waals surface area contributed by atoms with E-state index in [0.717, 1.165) is 30.2 Å². The Morgan fingerprint density at radius 1 is 1.42 bits per heavy atom. The van der Waals surface area contributed by atoms with Crippen LogP contribution in [-0.4, -0.2) is 30.3 Å². The van der Waals surface area contributed by atoms with Crippen molar-refractivity contribution < 1.29 is 14.3 Å². The van der Waals surface area contributed by atoms with E-state index in [4.69, 9.17) is 4.74 Å². The first-order valence-corrected chi connectivity index (χ1v) is 7.44. The Morgan fingerprint density at radius 3 is 2.63 bits per heavy atom. The molecule has 0 aromatic heterocycles. The maximum atomic E-state index is 11.7. The van der Waals surface area contributed by atoms with Gasteiger partial charge in [0.2, 0.25) is 0 Å². The number of rotatable bonds is 2. The van der Waals surface area contributed by atoms with Crippen molar-refractivity contribution in [2.24, 2.45) is 16.8 Å². The molecule has 2 aliphatic carbocycles. The van der Waals surface area contributed by atoms with Crippen molar-refractivity contribution in [1.29, 1.82) is 0 Å². The molecule has 5 heteroatoms. The van der Waals surface area contributed by atoms with Crippen LogP contribution in [-0.2, 0) is 9.53 Å². The third-order valence-electron chi connectivity index (χ3n) is 3.42. The fourth-order valence-electron chi connectivity index (χ4n) is 2.22. The molecular formula is C14H17NO3S. The molecule has 0 aromatic rings. The summed E-state index contributed by atoms with van der Waals surface area (Å²) >= 11 is 1.08. The van der Waals surface area contributed by atoms with Crippen molar-refractivity contribution in [2.45, 2.75) is 19.8 Å². The van der Waals surface area contributed by atoms with Gasteiger partial charge < -0.3 is 4.74 Å². The van der Waals surface area contributed by atoms with Gasteiger partial charge in [0.05, 0.1) is 18.4 Å². The summed E-state index contributed by atoms with van der Waals surface area (Å²) in [7, 11) is 1.35. The van der Waals surface area contributed by atoms with E-state index in [1.54, 1.807) is 12.3 Å². The first kappa shape index (κ1) is 14.1. The summed E-state index contributed by atoms with van der Waals surface area (Å²) in [6, 6.07) is 0. The molecule has 1 fully saturated rings. The Bertz CT molecular complexity index is 501. The van der Waals surface area contributed by atoms with Gasteiger partial charge in [-0.25, -0.2) is 9.79 Å². The van der Waals surface area contributed by atoms with Gasteiger partial charge in [0, 0.05) is 5.92 Å². The Morgan fingerprint density at radius 2 is 2.11 bits per heavy atom. The number of thioether (sulfide) groups is 1. The Balaban J connectivity index is 2.35. The zero-order valence-electron chi connectivity index (χ0n) is 11.3. The number of carbonyl (C=O) groups excluding carboxylic acids is 2. The molecular weight excluding hydrogens is 262 g/mol. The van der Waals surface area contributed by atoms with Crippen molar-refractivity contribution in [3.05, 3.63) is 23.3 Å². The summed E-state index contributed by atoms with van der Waals surface area (Å²) in [6.07, 6.45) is 7.76. The summed E-state index contributed by atoms with van der Waals surface area (Å²) in [4.78, 5) is 27.3. The van der Waals surface area contributed by atoms with Gasteiger partial charge in [0.25, 0.3) is 0 Å². The number of methoxy groups -OCH3 is 1. The quantitative estimate of drug-likeness (QED) is 0.729. The number of ether oxygens (including phenoxy) is 1.